The van der Waals surface area contributed by atoms with Crippen molar-refractivity contribution in [3.63, 3.8) is 0 Å². The molecule has 0 aliphatic carbocycles. The minimum atomic E-state index is 0.133. The van der Waals surface area contributed by atoms with Crippen LogP contribution in [0.4, 0.5) is 0 Å². The van der Waals surface area contributed by atoms with Gasteiger partial charge in [-0.05, 0) is 30.2 Å². The zero-order valence-corrected chi connectivity index (χ0v) is 13.4. The van der Waals surface area contributed by atoms with Crippen LogP contribution >= 0.6 is 46.7 Å². The Morgan fingerprint density at radius 1 is 1.33 bits per heavy atom. The summed E-state index contributed by atoms with van der Waals surface area (Å²) in [6.07, 6.45) is 0.794. The summed E-state index contributed by atoms with van der Waals surface area (Å²) in [5.41, 5.74) is 7.41. The lowest BCUT2D eigenvalue weighted by molar-refractivity contribution is 0.622. The lowest BCUT2D eigenvalue weighted by Gasteiger charge is -2.32. The van der Waals surface area contributed by atoms with E-state index in [0.717, 1.165) is 22.0 Å². The second-order valence-corrected chi connectivity index (χ2v) is 8.13. The van der Waals surface area contributed by atoms with Gasteiger partial charge in [-0.15, -0.1) is 0 Å². The van der Waals surface area contributed by atoms with E-state index < -0.39 is 0 Å². The molecule has 18 heavy (non-hydrogen) atoms. The summed E-state index contributed by atoms with van der Waals surface area (Å²) in [4.78, 5) is 0. The quantitative estimate of drug-likeness (QED) is 0.907. The maximum absolute atomic E-state index is 6.35. The van der Waals surface area contributed by atoms with Crippen LogP contribution in [0.2, 0.25) is 10.0 Å². The van der Waals surface area contributed by atoms with Crippen molar-refractivity contribution in [3.05, 3.63) is 33.8 Å². The fourth-order valence-electron chi connectivity index (χ4n) is 2.19. The van der Waals surface area contributed by atoms with Crippen LogP contribution in [0.3, 0.4) is 0 Å². The summed E-state index contributed by atoms with van der Waals surface area (Å²) >= 11 is 16.2. The second-order valence-electron chi connectivity index (χ2n) is 4.52. The normalized spacial score (nSPS) is 26.0. The van der Waals surface area contributed by atoms with Gasteiger partial charge < -0.3 is 5.73 Å². The zero-order chi connectivity index (χ0) is 13.1. The molecule has 0 spiro atoms. The highest BCUT2D eigenvalue weighted by Gasteiger charge is 2.28. The van der Waals surface area contributed by atoms with Crippen molar-refractivity contribution >= 4 is 46.7 Å². The fourth-order valence-corrected chi connectivity index (χ4v) is 5.47. The predicted molar refractivity (Wildman–Crippen MR) is 86.3 cm³/mol. The van der Waals surface area contributed by atoms with E-state index in [4.69, 9.17) is 28.9 Å². The van der Waals surface area contributed by atoms with Crippen LogP contribution in [0.1, 0.15) is 12.5 Å². The van der Waals surface area contributed by atoms with Gasteiger partial charge in [0.15, 0.2) is 0 Å². The molecular weight excluding hydrogens is 305 g/mol. The van der Waals surface area contributed by atoms with Crippen molar-refractivity contribution in [2.45, 2.75) is 29.9 Å². The maximum Gasteiger partial charge on any atom is 0.0439 e. The van der Waals surface area contributed by atoms with E-state index in [1.807, 2.05) is 41.7 Å². The third kappa shape index (κ3) is 3.73. The van der Waals surface area contributed by atoms with E-state index in [1.54, 1.807) is 0 Å². The first-order valence-electron chi connectivity index (χ1n) is 6.00. The van der Waals surface area contributed by atoms with Gasteiger partial charge >= 0.3 is 0 Å². The molecule has 1 aromatic rings. The van der Waals surface area contributed by atoms with Crippen molar-refractivity contribution < 1.29 is 0 Å². The summed E-state index contributed by atoms with van der Waals surface area (Å²) < 4.78 is 0. The largest absolute Gasteiger partial charge is 0.326 e. The van der Waals surface area contributed by atoms with E-state index in [-0.39, 0.29) is 6.04 Å². The highest BCUT2D eigenvalue weighted by molar-refractivity contribution is 8.07. The monoisotopic (exact) mass is 321 g/mol. The Balaban J connectivity index is 2.05. The standard InChI is InChI=1S/C13H17Cl2NS2/c1-8-13(18-5-4-17-8)12(16)7-9-6-10(14)2-3-11(9)15/h2-3,6,8,12-13H,4-5,7,16H2,1H3. The Hall–Kier alpha value is 0.460. The summed E-state index contributed by atoms with van der Waals surface area (Å²) in [5.74, 6) is 2.42. The summed E-state index contributed by atoms with van der Waals surface area (Å²) in [7, 11) is 0. The van der Waals surface area contributed by atoms with Gasteiger partial charge in [0.1, 0.15) is 0 Å². The molecule has 2 N–H and O–H groups in total. The van der Waals surface area contributed by atoms with Gasteiger partial charge in [-0.25, -0.2) is 0 Å². The fraction of sp³-hybridized carbons (Fsp3) is 0.538. The first-order valence-corrected chi connectivity index (χ1v) is 8.86. The van der Waals surface area contributed by atoms with Crippen LogP contribution in [0.25, 0.3) is 0 Å². The molecule has 1 saturated heterocycles. The molecule has 0 radical (unpaired) electrons. The molecule has 3 unspecified atom stereocenters. The average molecular weight is 322 g/mol. The van der Waals surface area contributed by atoms with Crippen molar-refractivity contribution in [2.24, 2.45) is 5.73 Å². The Kier molecular flexibility index (Phi) is 5.58. The van der Waals surface area contributed by atoms with E-state index in [2.05, 4.69) is 6.92 Å². The molecule has 5 heteroatoms. The minimum Gasteiger partial charge on any atom is -0.326 e. The predicted octanol–water partition coefficient (Wildman–Crippen LogP) is 4.10. The Labute approximate surface area is 127 Å². The molecule has 0 saturated carbocycles. The van der Waals surface area contributed by atoms with Gasteiger partial charge in [0.2, 0.25) is 0 Å². The third-order valence-corrected chi connectivity index (χ3v) is 7.00. The van der Waals surface area contributed by atoms with E-state index in [0.29, 0.717) is 10.5 Å². The lowest BCUT2D eigenvalue weighted by atomic mass is 10.0. The SMILES string of the molecule is CC1SCCSC1C(N)Cc1cc(Cl)ccc1Cl. The van der Waals surface area contributed by atoms with Gasteiger partial charge in [-0.3, -0.25) is 0 Å². The molecule has 0 aromatic heterocycles. The minimum absolute atomic E-state index is 0.133. The van der Waals surface area contributed by atoms with Gasteiger partial charge in [0.25, 0.3) is 0 Å². The number of hydrogen-bond acceptors (Lipinski definition) is 3. The summed E-state index contributed by atoms with van der Waals surface area (Å²) in [5, 5.41) is 2.59. The number of thioether (sulfide) groups is 2. The molecule has 1 aliphatic heterocycles. The topological polar surface area (TPSA) is 26.0 Å². The van der Waals surface area contributed by atoms with Gasteiger partial charge in [-0.1, -0.05) is 30.1 Å². The van der Waals surface area contributed by atoms with Crippen molar-refractivity contribution in [2.75, 3.05) is 11.5 Å². The maximum atomic E-state index is 6.35. The summed E-state index contributed by atoms with van der Waals surface area (Å²) in [6.45, 7) is 2.26. The van der Waals surface area contributed by atoms with Crippen LogP contribution in [-0.2, 0) is 6.42 Å². The van der Waals surface area contributed by atoms with Crippen LogP contribution in [0, 0.1) is 0 Å². The molecule has 0 amide bonds. The Morgan fingerprint density at radius 3 is 2.78 bits per heavy atom. The van der Waals surface area contributed by atoms with Crippen LogP contribution in [-0.4, -0.2) is 28.0 Å². The number of hydrogen-bond donors (Lipinski definition) is 1. The first kappa shape index (κ1) is 14.9. The van der Waals surface area contributed by atoms with E-state index in [9.17, 15) is 0 Å². The summed E-state index contributed by atoms with van der Waals surface area (Å²) in [6, 6.07) is 5.72. The lowest BCUT2D eigenvalue weighted by Crippen LogP contribution is -2.42. The Morgan fingerprint density at radius 2 is 2.06 bits per heavy atom. The van der Waals surface area contributed by atoms with E-state index in [1.165, 1.54) is 11.5 Å². The molecule has 1 nitrogen and oxygen atoms in total. The molecule has 100 valence electrons. The van der Waals surface area contributed by atoms with Gasteiger partial charge in [-0.2, -0.15) is 23.5 Å². The van der Waals surface area contributed by atoms with Gasteiger partial charge in [0.05, 0.1) is 0 Å². The van der Waals surface area contributed by atoms with Crippen molar-refractivity contribution in [1.29, 1.82) is 0 Å². The molecule has 2 rings (SSSR count). The number of nitrogens with two attached hydrogens (primary N) is 1. The van der Waals surface area contributed by atoms with Gasteiger partial charge in [0, 0.05) is 38.1 Å². The molecular formula is C13H17Cl2NS2. The number of benzene rings is 1. The zero-order valence-electron chi connectivity index (χ0n) is 10.2. The Bertz CT molecular complexity index is 414. The molecule has 1 fully saturated rings. The van der Waals surface area contributed by atoms with Crippen molar-refractivity contribution in [1.82, 2.24) is 0 Å². The number of halogens is 2. The van der Waals surface area contributed by atoms with Crippen molar-refractivity contribution in [3.8, 4) is 0 Å². The molecule has 0 bridgehead atoms. The highest BCUT2D eigenvalue weighted by atomic mass is 35.5. The van der Waals surface area contributed by atoms with Crippen LogP contribution in [0.5, 0.6) is 0 Å². The third-order valence-electron chi connectivity index (χ3n) is 3.12. The smallest absolute Gasteiger partial charge is 0.0439 e. The molecule has 3 atom stereocenters. The molecule has 1 aliphatic rings. The van der Waals surface area contributed by atoms with Crippen LogP contribution in [0.15, 0.2) is 18.2 Å². The number of rotatable bonds is 3. The van der Waals surface area contributed by atoms with Crippen LogP contribution < -0.4 is 5.73 Å². The molecule has 1 aromatic carbocycles. The average Bonchev–Trinajstić information content (AvgIpc) is 2.34. The first-order chi connectivity index (χ1) is 8.58. The van der Waals surface area contributed by atoms with E-state index >= 15 is 0 Å². The molecule has 1 heterocycles. The second kappa shape index (κ2) is 6.76. The highest BCUT2D eigenvalue weighted by Crippen LogP contribution is 2.34.